The average molecular weight is 546 g/mol. The van der Waals surface area contributed by atoms with Gasteiger partial charge in [0.2, 0.25) is 17.7 Å². The second-order valence-electron chi connectivity index (χ2n) is 9.67. The van der Waals surface area contributed by atoms with Gasteiger partial charge in [-0.2, -0.15) is 0 Å². The highest BCUT2D eigenvalue weighted by atomic mass is 16.6. The Morgan fingerprint density at radius 3 is 2.10 bits per heavy atom. The van der Waals surface area contributed by atoms with Crippen LogP contribution in [0.5, 0.6) is 5.75 Å². The molecule has 2 aromatic carbocycles. The van der Waals surface area contributed by atoms with Crippen LogP contribution < -0.4 is 20.7 Å². The van der Waals surface area contributed by atoms with Crippen LogP contribution in [0.2, 0.25) is 0 Å². The van der Waals surface area contributed by atoms with E-state index < -0.39 is 41.4 Å². The number of hydrogen-bond acceptors (Lipinski definition) is 7. The van der Waals surface area contributed by atoms with Crippen molar-refractivity contribution < 1.29 is 37.7 Å². The van der Waals surface area contributed by atoms with E-state index >= 15 is 0 Å². The number of benzene rings is 2. The Hall–Kier alpha value is -3.76. The summed E-state index contributed by atoms with van der Waals surface area (Å²) < 4.78 is 15.7. The fraction of sp³-hybridized carbons (Fsp3) is 0.448. The van der Waals surface area contributed by atoms with Gasteiger partial charge < -0.3 is 30.2 Å². The van der Waals surface area contributed by atoms with Crippen LogP contribution in [0.1, 0.15) is 36.2 Å². The van der Waals surface area contributed by atoms with Crippen molar-refractivity contribution in [3.05, 3.63) is 65.7 Å². The van der Waals surface area contributed by atoms with E-state index in [1.165, 1.54) is 6.92 Å². The Bertz CT molecular complexity index is 1150. The molecule has 39 heavy (non-hydrogen) atoms. The summed E-state index contributed by atoms with van der Waals surface area (Å²) >= 11 is 0. The van der Waals surface area contributed by atoms with E-state index in [0.717, 1.165) is 11.1 Å². The lowest BCUT2D eigenvalue weighted by Crippen LogP contribution is -2.57. The van der Waals surface area contributed by atoms with Gasteiger partial charge in [0.25, 0.3) is 0 Å². The van der Waals surface area contributed by atoms with Crippen molar-refractivity contribution in [2.45, 2.75) is 57.3 Å². The number of rotatable bonds is 15. The van der Waals surface area contributed by atoms with Crippen molar-refractivity contribution in [1.29, 1.82) is 0 Å². The molecule has 10 nitrogen and oxygen atoms in total. The van der Waals surface area contributed by atoms with E-state index in [1.807, 2.05) is 30.3 Å². The topological polar surface area (TPSA) is 135 Å². The van der Waals surface area contributed by atoms with Crippen molar-refractivity contribution in [2.75, 3.05) is 26.9 Å². The third-order valence-electron chi connectivity index (χ3n) is 6.45. The molecule has 1 fully saturated rings. The van der Waals surface area contributed by atoms with Gasteiger partial charge in [-0.1, -0.05) is 42.5 Å². The lowest BCUT2D eigenvalue weighted by Gasteiger charge is -2.25. The van der Waals surface area contributed by atoms with Gasteiger partial charge in [0.1, 0.15) is 30.0 Å². The number of Topliss-reactive ketones (excluding diaryl/α,β-unsaturated/α-hetero) is 1. The van der Waals surface area contributed by atoms with E-state index in [2.05, 4.69) is 16.0 Å². The Labute approximate surface area is 233 Å². The molecule has 1 heterocycles. The molecule has 0 spiro atoms. The van der Waals surface area contributed by atoms with Gasteiger partial charge in [0.05, 0.1) is 19.8 Å². The Balaban J connectivity index is 0.00000560. The molecule has 216 valence electrons. The van der Waals surface area contributed by atoms with Crippen LogP contribution >= 0.6 is 0 Å². The lowest BCUT2D eigenvalue weighted by atomic mass is 9.94. The number of amides is 3. The summed E-state index contributed by atoms with van der Waals surface area (Å²) in [6, 6.07) is 13.7. The van der Waals surface area contributed by atoms with Crippen molar-refractivity contribution in [1.82, 2.24) is 16.0 Å². The van der Waals surface area contributed by atoms with Gasteiger partial charge in [0.15, 0.2) is 5.78 Å². The molecule has 0 aliphatic carbocycles. The van der Waals surface area contributed by atoms with Crippen LogP contribution in [0, 0.1) is 0 Å². The highest BCUT2D eigenvalue weighted by Gasteiger charge is 2.50. The number of ketones is 1. The summed E-state index contributed by atoms with van der Waals surface area (Å²) in [6.45, 7) is 5.46. The maximum Gasteiger partial charge on any atom is 0.246 e. The minimum absolute atomic E-state index is 0. The number of carbonyl (C=O) groups excluding carboxylic acids is 4. The van der Waals surface area contributed by atoms with Crippen molar-refractivity contribution in [2.24, 2.45) is 0 Å². The van der Waals surface area contributed by atoms with Crippen LogP contribution in [-0.4, -0.2) is 74.2 Å². The molecule has 10 heteroatoms. The van der Waals surface area contributed by atoms with E-state index in [0.29, 0.717) is 12.4 Å². The normalized spacial score (nSPS) is 18.3. The van der Waals surface area contributed by atoms with Gasteiger partial charge in [0, 0.05) is 17.3 Å². The van der Waals surface area contributed by atoms with Gasteiger partial charge >= 0.3 is 0 Å². The highest BCUT2D eigenvalue weighted by Crippen LogP contribution is 2.29. The van der Waals surface area contributed by atoms with Crippen LogP contribution in [0.3, 0.4) is 0 Å². The van der Waals surface area contributed by atoms with Gasteiger partial charge in [-0.25, -0.2) is 0 Å². The third kappa shape index (κ3) is 8.90. The first-order valence-electron chi connectivity index (χ1n) is 13.0. The molecule has 0 saturated carbocycles. The summed E-state index contributed by atoms with van der Waals surface area (Å²) in [5.41, 5.74) is 0.704. The smallest absolute Gasteiger partial charge is 0.246 e. The maximum absolute atomic E-state index is 13.6. The van der Waals surface area contributed by atoms with Crippen molar-refractivity contribution >= 4 is 23.5 Å². The Morgan fingerprint density at radius 1 is 0.923 bits per heavy atom. The van der Waals surface area contributed by atoms with Crippen molar-refractivity contribution in [3.63, 3.8) is 0 Å². The quantitative estimate of drug-likeness (QED) is 0.292. The number of hydrogen-bond donors (Lipinski definition) is 3. The average Bonchev–Trinajstić information content (AvgIpc) is 3.69. The summed E-state index contributed by atoms with van der Waals surface area (Å²) in [5, 5.41) is 8.15. The molecular formula is C29H43N3O7. The predicted octanol–water partition coefficient (Wildman–Crippen LogP) is 2.09. The Kier molecular flexibility index (Phi) is 10.6. The van der Waals surface area contributed by atoms with Crippen LogP contribution in [0.4, 0.5) is 0 Å². The Morgan fingerprint density at radius 2 is 1.51 bits per heavy atom. The lowest BCUT2D eigenvalue weighted by molar-refractivity contribution is -0.134. The van der Waals surface area contributed by atoms with Gasteiger partial charge in [-0.15, -0.1) is 0 Å². The maximum atomic E-state index is 13.6. The van der Waals surface area contributed by atoms with E-state index in [9.17, 15) is 19.2 Å². The first kappa shape index (κ1) is 29.8. The number of ether oxygens (including phenoxy) is 3. The fourth-order valence-electron chi connectivity index (χ4n) is 4.00. The van der Waals surface area contributed by atoms with E-state index in [-0.39, 0.29) is 36.1 Å². The number of carbonyl (C=O) groups is 4. The summed E-state index contributed by atoms with van der Waals surface area (Å²) in [7, 11) is 1.56. The van der Waals surface area contributed by atoms with Gasteiger partial charge in [-0.3, -0.25) is 19.2 Å². The molecule has 2 aromatic rings. The van der Waals surface area contributed by atoms with Crippen LogP contribution in [0.25, 0.3) is 0 Å². The molecule has 0 bridgehead atoms. The summed E-state index contributed by atoms with van der Waals surface area (Å²) in [6.07, 6.45) is 0.429. The molecular weight excluding hydrogens is 502 g/mol. The summed E-state index contributed by atoms with van der Waals surface area (Å²) in [5.74, 6) is -1.09. The van der Waals surface area contributed by atoms with Crippen LogP contribution in [0.15, 0.2) is 54.6 Å². The van der Waals surface area contributed by atoms with Gasteiger partial charge in [-0.05, 0) is 50.5 Å². The zero-order valence-electron chi connectivity index (χ0n) is 22.8. The molecule has 4 atom stereocenters. The van der Waals surface area contributed by atoms with E-state index in [1.54, 1.807) is 45.2 Å². The third-order valence-corrected chi connectivity index (χ3v) is 6.45. The zero-order chi connectivity index (χ0) is 28.4. The summed E-state index contributed by atoms with van der Waals surface area (Å²) in [4.78, 5) is 51.9. The molecule has 3 amide bonds. The number of methoxy groups -OCH3 is 1. The monoisotopic (exact) mass is 545 g/mol. The molecule has 0 unspecified atom stereocenters. The SMILES string of the molecule is CCOCC(=O)N[C@@H](C)C(=O)N[C@@H](Cc1ccc(OC)cc1)C(=O)N[C@@H](Cc1ccccc1)C(=O)[C@@]1(C)CO1.[HH].[HH].[HH]. The molecule has 3 N–H and O–H groups in total. The number of epoxide rings is 1. The van der Waals surface area contributed by atoms with Crippen molar-refractivity contribution in [3.8, 4) is 5.75 Å². The molecule has 1 aliphatic heterocycles. The molecule has 1 saturated heterocycles. The fourth-order valence-corrected chi connectivity index (χ4v) is 4.00. The van der Waals surface area contributed by atoms with Crippen LogP contribution in [-0.2, 0) is 41.5 Å². The second kappa shape index (κ2) is 13.9. The zero-order valence-corrected chi connectivity index (χ0v) is 22.8. The molecule has 3 rings (SSSR count). The first-order chi connectivity index (χ1) is 18.6. The highest BCUT2D eigenvalue weighted by molar-refractivity contribution is 5.98. The number of nitrogens with one attached hydrogen (secondary N) is 3. The second-order valence-corrected chi connectivity index (χ2v) is 9.67. The first-order valence-corrected chi connectivity index (χ1v) is 13.0. The van der Waals surface area contributed by atoms with E-state index in [4.69, 9.17) is 14.2 Å². The standard InChI is InChI=1S/C29H37N3O7.3H2/c1-5-38-17-25(33)30-19(2)27(35)32-24(16-21-11-13-22(37-4)14-12-21)28(36)31-23(26(34)29(3)18-39-29)15-20-9-7-6-8-10-20;;;/h6-14,19,23-24H,5,15-18H2,1-4H3,(H,30,33)(H,31,36)(H,32,35);3*1H/t19-,23-,24-,29+;;;/m0.../s1. The minimum atomic E-state index is -1.02. The predicted molar refractivity (Wildman–Crippen MR) is 151 cm³/mol. The molecule has 0 aromatic heterocycles. The molecule has 0 radical (unpaired) electrons. The largest absolute Gasteiger partial charge is 0.497 e. The minimum Gasteiger partial charge on any atom is -0.497 e. The molecule has 1 aliphatic rings.